The number of likely N-dealkylation sites (tertiary alicyclic amines) is 1. The van der Waals surface area contributed by atoms with Crippen LogP contribution in [0.4, 0.5) is 4.79 Å². The summed E-state index contributed by atoms with van der Waals surface area (Å²) in [6.45, 7) is 3.25. The number of piperidine rings is 1. The summed E-state index contributed by atoms with van der Waals surface area (Å²) in [4.78, 5) is 14.6. The van der Waals surface area contributed by atoms with E-state index in [-0.39, 0.29) is 12.1 Å². The molecule has 1 saturated heterocycles. The van der Waals surface area contributed by atoms with Gasteiger partial charge in [0, 0.05) is 30.4 Å². The second-order valence-electron chi connectivity index (χ2n) is 6.21. The smallest absolute Gasteiger partial charge is 0.318 e. The first kappa shape index (κ1) is 16.4. The van der Waals surface area contributed by atoms with Crippen molar-refractivity contribution in [3.63, 3.8) is 0 Å². The summed E-state index contributed by atoms with van der Waals surface area (Å²) >= 11 is 0. The third-order valence-electron chi connectivity index (χ3n) is 4.54. The molecular formula is C18H24N4O2. The number of rotatable bonds is 4. The quantitative estimate of drug-likeness (QED) is 0.905. The Balaban J connectivity index is 1.67. The monoisotopic (exact) mass is 328 g/mol. The molecule has 3 rings (SSSR count). The summed E-state index contributed by atoms with van der Waals surface area (Å²) in [5.41, 5.74) is 3.18. The Morgan fingerprint density at radius 2 is 2.33 bits per heavy atom. The number of aryl methyl sites for hydroxylation is 1. The van der Waals surface area contributed by atoms with E-state index in [9.17, 15) is 4.79 Å². The highest BCUT2D eigenvalue weighted by atomic mass is 16.5. The number of ether oxygens (including phenoxy) is 1. The summed E-state index contributed by atoms with van der Waals surface area (Å²) in [6.07, 6.45) is 6.82. The van der Waals surface area contributed by atoms with E-state index in [1.165, 1.54) is 0 Å². The molecule has 0 radical (unpaired) electrons. The number of nitrogens with one attached hydrogen (secondary N) is 2. The van der Waals surface area contributed by atoms with Crippen molar-refractivity contribution in [2.75, 3.05) is 13.7 Å². The Bertz CT molecular complexity index is 684. The number of hydrogen-bond acceptors (Lipinski definition) is 3. The Morgan fingerprint density at radius 1 is 1.46 bits per heavy atom. The Labute approximate surface area is 142 Å². The maximum atomic E-state index is 12.7. The molecule has 0 bridgehead atoms. The highest BCUT2D eigenvalue weighted by molar-refractivity contribution is 5.75. The molecule has 1 aliphatic heterocycles. The molecule has 24 heavy (non-hydrogen) atoms. The molecule has 2 heterocycles. The van der Waals surface area contributed by atoms with E-state index in [4.69, 9.17) is 4.74 Å². The van der Waals surface area contributed by atoms with Gasteiger partial charge < -0.3 is 15.0 Å². The zero-order chi connectivity index (χ0) is 16.9. The summed E-state index contributed by atoms with van der Waals surface area (Å²) in [6, 6.07) is 6.06. The van der Waals surface area contributed by atoms with E-state index < -0.39 is 0 Å². The van der Waals surface area contributed by atoms with E-state index in [2.05, 4.69) is 15.5 Å². The van der Waals surface area contributed by atoms with Crippen LogP contribution < -0.4 is 10.1 Å². The SMILES string of the molecule is COc1cc(C)ccc1CNC(=O)N1CCCCC1c1cn[nH]c1. The topological polar surface area (TPSA) is 70.2 Å². The van der Waals surface area contributed by atoms with Gasteiger partial charge >= 0.3 is 6.03 Å². The maximum absolute atomic E-state index is 12.7. The molecule has 0 saturated carbocycles. The van der Waals surface area contributed by atoms with Gasteiger partial charge in [-0.3, -0.25) is 5.10 Å². The van der Waals surface area contributed by atoms with Gasteiger partial charge in [0.25, 0.3) is 0 Å². The van der Waals surface area contributed by atoms with Crippen molar-refractivity contribution < 1.29 is 9.53 Å². The number of H-pyrrole nitrogens is 1. The number of methoxy groups -OCH3 is 1. The minimum atomic E-state index is -0.0384. The van der Waals surface area contributed by atoms with Gasteiger partial charge in [-0.05, 0) is 37.8 Å². The van der Waals surface area contributed by atoms with Gasteiger partial charge in [-0.1, -0.05) is 12.1 Å². The van der Waals surface area contributed by atoms with Crippen molar-refractivity contribution in [2.45, 2.75) is 38.8 Å². The fraction of sp³-hybridized carbons (Fsp3) is 0.444. The van der Waals surface area contributed by atoms with E-state index in [0.29, 0.717) is 6.54 Å². The summed E-state index contributed by atoms with van der Waals surface area (Å²) in [7, 11) is 1.65. The molecule has 0 aliphatic carbocycles. The molecular weight excluding hydrogens is 304 g/mol. The van der Waals surface area contributed by atoms with Crippen LogP contribution >= 0.6 is 0 Å². The van der Waals surface area contributed by atoms with E-state index in [0.717, 1.165) is 48.2 Å². The Kier molecular flexibility index (Phi) is 5.03. The van der Waals surface area contributed by atoms with E-state index >= 15 is 0 Å². The van der Waals surface area contributed by atoms with Crippen LogP contribution in [-0.4, -0.2) is 34.8 Å². The van der Waals surface area contributed by atoms with Gasteiger partial charge in [0.2, 0.25) is 0 Å². The van der Waals surface area contributed by atoms with Gasteiger partial charge in [-0.2, -0.15) is 5.10 Å². The van der Waals surface area contributed by atoms with Crippen LogP contribution in [0.25, 0.3) is 0 Å². The molecule has 1 unspecified atom stereocenters. The standard InChI is InChI=1S/C18H24N4O2/c1-13-6-7-14(17(9-13)24-2)10-19-18(23)22-8-4-3-5-16(22)15-11-20-21-12-15/h6-7,9,11-12,16H,3-5,8,10H2,1-2H3,(H,19,23)(H,20,21). The van der Waals surface area contributed by atoms with E-state index in [1.807, 2.05) is 36.2 Å². The Hall–Kier alpha value is -2.50. The molecule has 6 nitrogen and oxygen atoms in total. The molecule has 2 amide bonds. The fourth-order valence-electron chi connectivity index (χ4n) is 3.23. The minimum absolute atomic E-state index is 0.0384. The number of aromatic amines is 1. The third-order valence-corrected chi connectivity index (χ3v) is 4.54. The summed E-state index contributed by atoms with van der Waals surface area (Å²) in [5.74, 6) is 0.806. The third kappa shape index (κ3) is 3.53. The summed E-state index contributed by atoms with van der Waals surface area (Å²) in [5, 5.41) is 9.89. The lowest BCUT2D eigenvalue weighted by atomic mass is 9.98. The number of amides is 2. The zero-order valence-corrected chi connectivity index (χ0v) is 14.2. The number of aromatic nitrogens is 2. The average molecular weight is 328 g/mol. The average Bonchev–Trinajstić information content (AvgIpc) is 3.14. The normalized spacial score (nSPS) is 17.6. The second kappa shape index (κ2) is 7.38. The van der Waals surface area contributed by atoms with Crippen LogP contribution in [0.2, 0.25) is 0 Å². The van der Waals surface area contributed by atoms with Crippen LogP contribution in [0.15, 0.2) is 30.6 Å². The van der Waals surface area contributed by atoms with Crippen molar-refractivity contribution in [2.24, 2.45) is 0 Å². The molecule has 1 aromatic heterocycles. The molecule has 128 valence electrons. The number of urea groups is 1. The van der Waals surface area contributed by atoms with Crippen LogP contribution in [0.3, 0.4) is 0 Å². The Morgan fingerprint density at radius 3 is 3.08 bits per heavy atom. The molecule has 1 fully saturated rings. The molecule has 6 heteroatoms. The number of carbonyl (C=O) groups excluding carboxylic acids is 1. The lowest BCUT2D eigenvalue weighted by molar-refractivity contribution is 0.151. The van der Waals surface area contributed by atoms with Crippen molar-refractivity contribution >= 4 is 6.03 Å². The summed E-state index contributed by atoms with van der Waals surface area (Å²) < 4.78 is 5.41. The predicted octanol–water partition coefficient (Wildman–Crippen LogP) is 3.16. The first-order valence-corrected chi connectivity index (χ1v) is 8.35. The zero-order valence-electron chi connectivity index (χ0n) is 14.2. The minimum Gasteiger partial charge on any atom is -0.496 e. The van der Waals surface area contributed by atoms with Gasteiger partial charge in [0.1, 0.15) is 5.75 Å². The lowest BCUT2D eigenvalue weighted by Gasteiger charge is -2.35. The highest BCUT2D eigenvalue weighted by Gasteiger charge is 2.28. The lowest BCUT2D eigenvalue weighted by Crippen LogP contribution is -2.44. The first-order chi connectivity index (χ1) is 11.7. The van der Waals surface area contributed by atoms with Crippen molar-refractivity contribution in [1.82, 2.24) is 20.4 Å². The van der Waals surface area contributed by atoms with Crippen LogP contribution in [-0.2, 0) is 6.54 Å². The molecule has 0 spiro atoms. The van der Waals surface area contributed by atoms with Gasteiger partial charge in [-0.25, -0.2) is 4.79 Å². The maximum Gasteiger partial charge on any atom is 0.318 e. The van der Waals surface area contributed by atoms with Gasteiger partial charge in [0.05, 0.1) is 19.3 Å². The largest absolute Gasteiger partial charge is 0.496 e. The predicted molar refractivity (Wildman–Crippen MR) is 91.9 cm³/mol. The van der Waals surface area contributed by atoms with Gasteiger partial charge in [-0.15, -0.1) is 0 Å². The number of carbonyl (C=O) groups is 1. The first-order valence-electron chi connectivity index (χ1n) is 8.35. The van der Waals surface area contributed by atoms with Crippen LogP contribution in [0, 0.1) is 6.92 Å². The number of nitrogens with zero attached hydrogens (tertiary/aromatic N) is 2. The second-order valence-corrected chi connectivity index (χ2v) is 6.21. The van der Waals surface area contributed by atoms with Gasteiger partial charge in [0.15, 0.2) is 0 Å². The van der Waals surface area contributed by atoms with Crippen molar-refractivity contribution in [3.8, 4) is 5.75 Å². The van der Waals surface area contributed by atoms with Crippen molar-refractivity contribution in [1.29, 1.82) is 0 Å². The van der Waals surface area contributed by atoms with Crippen LogP contribution in [0.1, 0.15) is 42.0 Å². The van der Waals surface area contributed by atoms with Crippen LogP contribution in [0.5, 0.6) is 5.75 Å². The number of benzene rings is 1. The molecule has 1 aromatic carbocycles. The fourth-order valence-corrected chi connectivity index (χ4v) is 3.23. The van der Waals surface area contributed by atoms with E-state index in [1.54, 1.807) is 13.3 Å². The van der Waals surface area contributed by atoms with Crippen molar-refractivity contribution in [3.05, 3.63) is 47.3 Å². The molecule has 1 atom stereocenters. The highest BCUT2D eigenvalue weighted by Crippen LogP contribution is 2.30. The number of hydrogen-bond donors (Lipinski definition) is 2. The molecule has 2 aromatic rings. The molecule has 1 aliphatic rings. The molecule has 2 N–H and O–H groups in total.